The van der Waals surface area contributed by atoms with Crippen molar-refractivity contribution in [3.05, 3.63) is 58.4 Å². The Morgan fingerprint density at radius 3 is 2.00 bits per heavy atom. The highest BCUT2D eigenvalue weighted by Crippen LogP contribution is 2.39. The van der Waals surface area contributed by atoms with E-state index < -0.39 is 11.7 Å². The van der Waals surface area contributed by atoms with E-state index in [1.165, 1.54) is 12.1 Å². The summed E-state index contributed by atoms with van der Waals surface area (Å²) in [7, 11) is 0. The molecule has 0 radical (unpaired) electrons. The van der Waals surface area contributed by atoms with E-state index in [-0.39, 0.29) is 17.8 Å². The van der Waals surface area contributed by atoms with Gasteiger partial charge in [-0.2, -0.15) is 13.2 Å². The topological polar surface area (TPSA) is 20.2 Å². The Morgan fingerprint density at radius 1 is 1.00 bits per heavy atom. The van der Waals surface area contributed by atoms with Crippen molar-refractivity contribution < 1.29 is 18.3 Å². The van der Waals surface area contributed by atoms with E-state index >= 15 is 0 Å². The summed E-state index contributed by atoms with van der Waals surface area (Å²) >= 11 is 0. The van der Waals surface area contributed by atoms with Crippen molar-refractivity contribution in [1.82, 2.24) is 0 Å². The lowest BCUT2D eigenvalue weighted by atomic mass is 9.87. The van der Waals surface area contributed by atoms with E-state index in [2.05, 4.69) is 6.08 Å². The van der Waals surface area contributed by atoms with Crippen LogP contribution in [-0.4, -0.2) is 5.11 Å². The summed E-state index contributed by atoms with van der Waals surface area (Å²) in [5, 5.41) is 10.5. The Bertz CT molecular complexity index is 619. The molecule has 0 amide bonds. The number of halogens is 3. The molecule has 1 nitrogen and oxygen atoms in total. The normalized spacial score (nSPS) is 19.0. The third kappa shape index (κ3) is 3.80. The standard InChI is InChI=1S/C19H23F3O/c1-11(2)16-10-14(17(12(3)4)18(16)23)9-13-5-7-15(8-6-13)19(20,21)22/h5-8,10-12,14,23H,9H2,1-4H3. The summed E-state index contributed by atoms with van der Waals surface area (Å²) in [5.41, 5.74) is 2.13. The van der Waals surface area contributed by atoms with E-state index in [1.54, 1.807) is 0 Å². The lowest BCUT2D eigenvalue weighted by molar-refractivity contribution is -0.137. The molecular formula is C19H23F3O. The maximum atomic E-state index is 12.6. The van der Waals surface area contributed by atoms with Gasteiger partial charge in [-0.3, -0.25) is 0 Å². The van der Waals surface area contributed by atoms with Crippen LogP contribution in [0.15, 0.2) is 47.2 Å². The van der Waals surface area contributed by atoms with Gasteiger partial charge in [0.25, 0.3) is 0 Å². The van der Waals surface area contributed by atoms with Crippen LogP contribution >= 0.6 is 0 Å². The minimum Gasteiger partial charge on any atom is -0.508 e. The lowest BCUT2D eigenvalue weighted by Crippen LogP contribution is -2.10. The van der Waals surface area contributed by atoms with Crippen LogP contribution < -0.4 is 0 Å². The van der Waals surface area contributed by atoms with E-state index in [9.17, 15) is 18.3 Å². The largest absolute Gasteiger partial charge is 0.508 e. The summed E-state index contributed by atoms with van der Waals surface area (Å²) < 4.78 is 37.9. The first-order chi connectivity index (χ1) is 10.6. The van der Waals surface area contributed by atoms with Crippen LogP contribution in [0.25, 0.3) is 0 Å². The van der Waals surface area contributed by atoms with E-state index in [0.717, 1.165) is 28.8 Å². The fourth-order valence-electron chi connectivity index (χ4n) is 3.15. The molecule has 0 fully saturated rings. The zero-order chi connectivity index (χ0) is 17.4. The molecule has 0 saturated carbocycles. The lowest BCUT2D eigenvalue weighted by Gasteiger charge is -2.18. The molecule has 0 saturated heterocycles. The predicted octanol–water partition coefficient (Wildman–Crippen LogP) is 5.93. The molecule has 0 bridgehead atoms. The number of alkyl halides is 3. The first-order valence-corrected chi connectivity index (χ1v) is 7.92. The Balaban J connectivity index is 2.25. The van der Waals surface area contributed by atoms with Gasteiger partial charge >= 0.3 is 6.18 Å². The molecule has 0 heterocycles. The molecule has 23 heavy (non-hydrogen) atoms. The highest BCUT2D eigenvalue weighted by atomic mass is 19.4. The van der Waals surface area contributed by atoms with Gasteiger partial charge in [-0.1, -0.05) is 45.9 Å². The highest BCUT2D eigenvalue weighted by molar-refractivity contribution is 5.43. The van der Waals surface area contributed by atoms with Gasteiger partial charge < -0.3 is 5.11 Å². The first kappa shape index (κ1) is 17.6. The molecule has 126 valence electrons. The van der Waals surface area contributed by atoms with E-state index in [1.807, 2.05) is 27.7 Å². The van der Waals surface area contributed by atoms with E-state index in [4.69, 9.17) is 0 Å². The van der Waals surface area contributed by atoms with Gasteiger partial charge in [0, 0.05) is 5.92 Å². The van der Waals surface area contributed by atoms with Gasteiger partial charge in [0.2, 0.25) is 0 Å². The summed E-state index contributed by atoms with van der Waals surface area (Å²) in [5.74, 6) is 0.833. The molecule has 1 aliphatic carbocycles. The van der Waals surface area contributed by atoms with Gasteiger partial charge in [0.05, 0.1) is 5.56 Å². The monoisotopic (exact) mass is 324 g/mol. The molecule has 1 N–H and O–H groups in total. The van der Waals surface area contributed by atoms with Gasteiger partial charge in [-0.15, -0.1) is 0 Å². The molecule has 1 atom stereocenters. The van der Waals surface area contributed by atoms with Crippen molar-refractivity contribution in [3.8, 4) is 0 Å². The molecule has 4 heteroatoms. The number of hydrogen-bond acceptors (Lipinski definition) is 1. The number of hydrogen-bond donors (Lipinski definition) is 1. The molecular weight excluding hydrogens is 301 g/mol. The highest BCUT2D eigenvalue weighted by Gasteiger charge is 2.31. The minimum atomic E-state index is -4.31. The number of aliphatic hydroxyl groups excluding tert-OH is 1. The molecule has 0 aliphatic heterocycles. The zero-order valence-corrected chi connectivity index (χ0v) is 13.9. The van der Waals surface area contributed by atoms with Crippen LogP contribution in [0, 0.1) is 17.8 Å². The molecule has 1 aromatic carbocycles. The summed E-state index contributed by atoms with van der Waals surface area (Å²) in [6.45, 7) is 8.12. The summed E-state index contributed by atoms with van der Waals surface area (Å²) in [4.78, 5) is 0. The molecule has 1 aliphatic rings. The second-order valence-electron chi connectivity index (χ2n) is 6.74. The Kier molecular flexibility index (Phi) is 4.92. The van der Waals surface area contributed by atoms with Crippen LogP contribution in [0.4, 0.5) is 13.2 Å². The molecule has 2 rings (SSSR count). The average Bonchev–Trinajstić information content (AvgIpc) is 2.75. The molecule has 1 aromatic rings. The van der Waals surface area contributed by atoms with Gasteiger partial charge in [-0.25, -0.2) is 0 Å². The smallest absolute Gasteiger partial charge is 0.416 e. The number of aliphatic hydroxyl groups is 1. The minimum absolute atomic E-state index is 0.0455. The third-order valence-electron chi connectivity index (χ3n) is 4.31. The average molecular weight is 324 g/mol. The molecule has 1 unspecified atom stereocenters. The van der Waals surface area contributed by atoms with Crippen molar-refractivity contribution >= 4 is 0 Å². The Labute approximate surface area is 135 Å². The predicted molar refractivity (Wildman–Crippen MR) is 86.1 cm³/mol. The molecule has 0 aromatic heterocycles. The number of rotatable bonds is 4. The van der Waals surface area contributed by atoms with Crippen molar-refractivity contribution in [1.29, 1.82) is 0 Å². The Morgan fingerprint density at radius 2 is 1.57 bits per heavy atom. The van der Waals surface area contributed by atoms with Gasteiger partial charge in [0.15, 0.2) is 0 Å². The van der Waals surface area contributed by atoms with Crippen molar-refractivity contribution in [2.75, 3.05) is 0 Å². The maximum Gasteiger partial charge on any atom is 0.416 e. The van der Waals surface area contributed by atoms with Crippen LogP contribution in [0.5, 0.6) is 0 Å². The van der Waals surface area contributed by atoms with Crippen molar-refractivity contribution in [3.63, 3.8) is 0 Å². The second-order valence-corrected chi connectivity index (χ2v) is 6.74. The van der Waals surface area contributed by atoms with Crippen molar-refractivity contribution in [2.45, 2.75) is 40.3 Å². The molecule has 0 spiro atoms. The number of benzene rings is 1. The summed E-state index contributed by atoms with van der Waals surface area (Å²) in [6, 6.07) is 5.30. The van der Waals surface area contributed by atoms with Crippen molar-refractivity contribution in [2.24, 2.45) is 17.8 Å². The summed E-state index contributed by atoms with van der Waals surface area (Å²) in [6.07, 6.45) is -1.64. The maximum absolute atomic E-state index is 12.6. The van der Waals surface area contributed by atoms with Crippen LogP contribution in [0.3, 0.4) is 0 Å². The third-order valence-corrected chi connectivity index (χ3v) is 4.31. The van der Waals surface area contributed by atoms with Gasteiger partial charge in [0.1, 0.15) is 5.76 Å². The van der Waals surface area contributed by atoms with Gasteiger partial charge in [-0.05, 0) is 47.1 Å². The van der Waals surface area contributed by atoms with Crippen LogP contribution in [0.1, 0.15) is 38.8 Å². The Hall–Kier alpha value is -1.71. The second kappa shape index (κ2) is 6.42. The van der Waals surface area contributed by atoms with Crippen LogP contribution in [-0.2, 0) is 12.6 Å². The van der Waals surface area contributed by atoms with E-state index in [0.29, 0.717) is 12.2 Å². The fraction of sp³-hybridized carbons (Fsp3) is 0.474. The quantitative estimate of drug-likeness (QED) is 0.728. The zero-order valence-electron chi connectivity index (χ0n) is 13.9. The number of allylic oxidation sites excluding steroid dienone is 3. The first-order valence-electron chi connectivity index (χ1n) is 7.92. The SMILES string of the molecule is CC(C)C1=CC(Cc2ccc(C(F)(F)F)cc2)C(C(C)C)=C1O. The fourth-order valence-corrected chi connectivity index (χ4v) is 3.15. The van der Waals surface area contributed by atoms with Crippen LogP contribution in [0.2, 0.25) is 0 Å².